The van der Waals surface area contributed by atoms with Gasteiger partial charge in [0.05, 0.1) is 6.23 Å². The molecule has 3 nitrogen and oxygen atoms in total. The van der Waals surface area contributed by atoms with Gasteiger partial charge in [0.2, 0.25) is 0 Å². The van der Waals surface area contributed by atoms with Crippen molar-refractivity contribution in [3.8, 4) is 0 Å². The van der Waals surface area contributed by atoms with Crippen LogP contribution in [0.4, 0.5) is 0 Å². The minimum Gasteiger partial charge on any atom is -0.465 e. The van der Waals surface area contributed by atoms with Gasteiger partial charge in [0.15, 0.2) is 8.07 Å². The first kappa shape index (κ1) is 16.2. The molecule has 0 spiro atoms. The zero-order chi connectivity index (χ0) is 16.0. The molecular weight excluding hydrogens is 290 g/mol. The van der Waals surface area contributed by atoms with Crippen LogP contribution in [-0.4, -0.2) is 25.9 Å². The van der Waals surface area contributed by atoms with Crippen LogP contribution >= 0.6 is 0 Å². The van der Waals surface area contributed by atoms with E-state index in [1.807, 2.05) is 43.3 Å². The number of rotatable bonds is 6. The van der Waals surface area contributed by atoms with Crippen LogP contribution in [0.2, 0.25) is 0 Å². The molecular formula is C18H21NO2Si. The van der Waals surface area contributed by atoms with Gasteiger partial charge in [-0.25, -0.2) is 4.79 Å². The highest BCUT2D eigenvalue weighted by Crippen LogP contribution is 2.11. The Morgan fingerprint density at radius 1 is 1.14 bits per heavy atom. The Balaban J connectivity index is 2.55. The third-order valence-electron chi connectivity index (χ3n) is 3.96. The van der Waals surface area contributed by atoms with E-state index in [1.54, 1.807) is 0 Å². The number of carbonyl (C=O) groups is 1. The fraction of sp³-hybridized carbons (Fsp3) is 0.167. The second kappa shape index (κ2) is 7.20. The first-order valence-corrected chi connectivity index (χ1v) is 9.55. The summed E-state index contributed by atoms with van der Waals surface area (Å²) >= 11 is 0. The van der Waals surface area contributed by atoms with Crippen molar-refractivity contribution in [2.75, 3.05) is 6.23 Å². The molecule has 1 atom stereocenters. The van der Waals surface area contributed by atoms with Gasteiger partial charge in [0.1, 0.15) is 0 Å². The highest BCUT2D eigenvalue weighted by molar-refractivity contribution is 7.03. The molecule has 0 bridgehead atoms. The minimum atomic E-state index is -2.42. The fourth-order valence-corrected chi connectivity index (χ4v) is 6.63. The molecule has 0 heterocycles. The summed E-state index contributed by atoms with van der Waals surface area (Å²) in [6.07, 6.45) is 1.50. The van der Waals surface area contributed by atoms with Crippen LogP contribution in [-0.2, 0) is 9.53 Å². The lowest BCUT2D eigenvalue weighted by Crippen LogP contribution is -2.71. The SMILES string of the molecule is C=CC(=O)OC[Si](c1ccccc1)(c1ccccc1)C(C)N. The number of benzene rings is 2. The van der Waals surface area contributed by atoms with Crippen molar-refractivity contribution in [2.24, 2.45) is 5.73 Å². The molecule has 2 aromatic carbocycles. The molecule has 0 aliphatic rings. The topological polar surface area (TPSA) is 52.3 Å². The van der Waals surface area contributed by atoms with Crippen molar-refractivity contribution < 1.29 is 9.53 Å². The second-order valence-corrected chi connectivity index (χ2v) is 9.60. The largest absolute Gasteiger partial charge is 0.465 e. The van der Waals surface area contributed by atoms with Crippen molar-refractivity contribution >= 4 is 24.4 Å². The Morgan fingerprint density at radius 3 is 1.95 bits per heavy atom. The van der Waals surface area contributed by atoms with Crippen LogP contribution in [0.25, 0.3) is 0 Å². The zero-order valence-electron chi connectivity index (χ0n) is 12.7. The molecule has 0 aliphatic carbocycles. The molecule has 4 heteroatoms. The molecule has 22 heavy (non-hydrogen) atoms. The van der Waals surface area contributed by atoms with Crippen molar-refractivity contribution in [1.29, 1.82) is 0 Å². The lowest BCUT2D eigenvalue weighted by atomic mass is 10.4. The summed E-state index contributed by atoms with van der Waals surface area (Å²) in [4.78, 5) is 11.6. The van der Waals surface area contributed by atoms with E-state index in [1.165, 1.54) is 6.08 Å². The lowest BCUT2D eigenvalue weighted by molar-refractivity contribution is -0.135. The number of carbonyl (C=O) groups excluding carboxylic acids is 1. The number of hydrogen-bond acceptors (Lipinski definition) is 3. The Morgan fingerprint density at radius 2 is 1.59 bits per heavy atom. The van der Waals surface area contributed by atoms with Gasteiger partial charge < -0.3 is 10.5 Å². The number of hydrogen-bond donors (Lipinski definition) is 1. The highest BCUT2D eigenvalue weighted by Gasteiger charge is 2.42. The Hall–Kier alpha value is -2.17. The molecule has 0 saturated heterocycles. The van der Waals surface area contributed by atoms with Crippen LogP contribution in [0.3, 0.4) is 0 Å². The fourth-order valence-electron chi connectivity index (χ4n) is 2.71. The second-order valence-electron chi connectivity index (χ2n) is 5.30. The first-order valence-electron chi connectivity index (χ1n) is 7.27. The maximum Gasteiger partial charge on any atom is 0.329 e. The van der Waals surface area contributed by atoms with E-state index in [0.29, 0.717) is 6.23 Å². The Labute approximate surface area is 132 Å². The van der Waals surface area contributed by atoms with E-state index in [9.17, 15) is 4.79 Å². The molecule has 0 aliphatic heterocycles. The van der Waals surface area contributed by atoms with E-state index in [-0.39, 0.29) is 5.67 Å². The van der Waals surface area contributed by atoms with E-state index in [0.717, 1.165) is 10.4 Å². The summed E-state index contributed by atoms with van der Waals surface area (Å²) in [5.74, 6) is -0.413. The lowest BCUT2D eigenvalue weighted by Gasteiger charge is -2.35. The average molecular weight is 311 g/mol. The maximum atomic E-state index is 11.6. The molecule has 0 aromatic heterocycles. The van der Waals surface area contributed by atoms with Gasteiger partial charge in [-0.2, -0.15) is 0 Å². The molecule has 2 N–H and O–H groups in total. The smallest absolute Gasteiger partial charge is 0.329 e. The Kier molecular flexibility index (Phi) is 5.30. The van der Waals surface area contributed by atoms with Crippen LogP contribution in [0.1, 0.15) is 6.92 Å². The van der Waals surface area contributed by atoms with E-state index in [4.69, 9.17) is 10.5 Å². The van der Waals surface area contributed by atoms with Crippen LogP contribution < -0.4 is 16.1 Å². The predicted octanol–water partition coefficient (Wildman–Crippen LogP) is 1.40. The maximum absolute atomic E-state index is 11.6. The standard InChI is InChI=1S/C18H21NO2Si/c1-3-18(20)21-14-22(15(2)19,16-10-6-4-7-11-16)17-12-8-5-9-13-17/h3-13,15H,1,14,19H2,2H3. The number of nitrogens with two attached hydrogens (primary N) is 1. The van der Waals surface area contributed by atoms with Crippen molar-refractivity contribution in [1.82, 2.24) is 0 Å². The molecule has 1 unspecified atom stereocenters. The average Bonchev–Trinajstić information content (AvgIpc) is 2.57. The van der Waals surface area contributed by atoms with Gasteiger partial charge in [0.25, 0.3) is 0 Å². The molecule has 114 valence electrons. The van der Waals surface area contributed by atoms with E-state index < -0.39 is 14.0 Å². The van der Waals surface area contributed by atoms with Gasteiger partial charge in [0, 0.05) is 11.7 Å². The minimum absolute atomic E-state index is 0.102. The molecule has 0 fully saturated rings. The van der Waals surface area contributed by atoms with Gasteiger partial charge in [-0.05, 0) is 10.4 Å². The summed E-state index contributed by atoms with van der Waals surface area (Å²) in [6, 6.07) is 20.2. The third-order valence-corrected chi connectivity index (χ3v) is 8.85. The summed E-state index contributed by atoms with van der Waals surface area (Å²) < 4.78 is 5.45. The normalized spacial score (nSPS) is 12.5. The molecule has 2 rings (SSSR count). The predicted molar refractivity (Wildman–Crippen MR) is 92.7 cm³/mol. The number of esters is 1. The molecule has 0 radical (unpaired) electrons. The Bertz CT molecular complexity index is 587. The molecule has 0 amide bonds. The van der Waals surface area contributed by atoms with Gasteiger partial charge in [-0.15, -0.1) is 0 Å². The monoisotopic (exact) mass is 311 g/mol. The third kappa shape index (κ3) is 3.18. The van der Waals surface area contributed by atoms with E-state index in [2.05, 4.69) is 30.8 Å². The highest BCUT2D eigenvalue weighted by atomic mass is 28.3. The zero-order valence-corrected chi connectivity index (χ0v) is 13.7. The van der Waals surface area contributed by atoms with Crippen LogP contribution in [0.5, 0.6) is 0 Å². The van der Waals surface area contributed by atoms with Crippen LogP contribution in [0, 0.1) is 0 Å². The summed E-state index contributed by atoms with van der Waals surface area (Å²) in [5.41, 5.74) is 6.31. The van der Waals surface area contributed by atoms with Crippen molar-refractivity contribution in [3.05, 3.63) is 73.3 Å². The number of ether oxygens (including phenoxy) is 1. The quantitative estimate of drug-likeness (QED) is 0.498. The van der Waals surface area contributed by atoms with E-state index >= 15 is 0 Å². The summed E-state index contributed by atoms with van der Waals surface area (Å²) in [6.45, 7) is 5.46. The van der Waals surface area contributed by atoms with Crippen LogP contribution in [0.15, 0.2) is 73.3 Å². The first-order chi connectivity index (χ1) is 10.6. The van der Waals surface area contributed by atoms with Gasteiger partial charge >= 0.3 is 5.97 Å². The summed E-state index contributed by atoms with van der Waals surface area (Å²) in [5, 5.41) is 2.32. The summed E-state index contributed by atoms with van der Waals surface area (Å²) in [7, 11) is -2.42. The molecule has 0 saturated carbocycles. The van der Waals surface area contributed by atoms with Crippen molar-refractivity contribution in [3.63, 3.8) is 0 Å². The van der Waals surface area contributed by atoms with Gasteiger partial charge in [-0.3, -0.25) is 0 Å². The molecule has 2 aromatic rings. The van der Waals surface area contributed by atoms with Crippen molar-refractivity contribution in [2.45, 2.75) is 12.6 Å². The van der Waals surface area contributed by atoms with Gasteiger partial charge in [-0.1, -0.05) is 74.2 Å².